The van der Waals surface area contributed by atoms with Crippen molar-refractivity contribution in [3.8, 4) is 0 Å². The van der Waals surface area contributed by atoms with Crippen LogP contribution in [0.3, 0.4) is 0 Å². The third-order valence-corrected chi connectivity index (χ3v) is 4.61. The van der Waals surface area contributed by atoms with Crippen molar-refractivity contribution in [2.24, 2.45) is 0 Å². The van der Waals surface area contributed by atoms with Gasteiger partial charge in [0.05, 0.1) is 12.2 Å². The lowest BCUT2D eigenvalue weighted by atomic mass is 10.2. The summed E-state index contributed by atoms with van der Waals surface area (Å²) >= 11 is 0. The zero-order chi connectivity index (χ0) is 19.2. The molecule has 1 saturated heterocycles. The van der Waals surface area contributed by atoms with Crippen molar-refractivity contribution in [1.82, 2.24) is 25.3 Å². The summed E-state index contributed by atoms with van der Waals surface area (Å²) in [6.45, 7) is 3.69. The maximum absolute atomic E-state index is 12.4. The second-order valence-corrected chi connectivity index (χ2v) is 6.43. The Bertz CT molecular complexity index is 912. The van der Waals surface area contributed by atoms with Gasteiger partial charge in [0.15, 0.2) is 0 Å². The fraction of sp³-hybridized carbons (Fsp3) is 0.250. The zero-order valence-corrected chi connectivity index (χ0v) is 15.4. The number of nitrogens with zero attached hydrogens (tertiary/aromatic N) is 6. The SMILES string of the molecule is O=C(NCc1ccccn1)c1cc(N2CCN(c3ncccn3)CC2)ccn1. The summed E-state index contributed by atoms with van der Waals surface area (Å²) < 4.78 is 0. The van der Waals surface area contributed by atoms with Gasteiger partial charge in [0.2, 0.25) is 5.95 Å². The fourth-order valence-corrected chi connectivity index (χ4v) is 3.12. The molecule has 0 radical (unpaired) electrons. The molecule has 1 aliphatic rings. The van der Waals surface area contributed by atoms with Crippen LogP contribution >= 0.6 is 0 Å². The first-order chi connectivity index (χ1) is 13.8. The molecule has 8 nitrogen and oxygen atoms in total. The molecule has 4 rings (SSSR count). The Morgan fingerprint density at radius 1 is 0.857 bits per heavy atom. The van der Waals surface area contributed by atoms with E-state index in [0.29, 0.717) is 12.2 Å². The number of carbonyl (C=O) groups excluding carboxylic acids is 1. The lowest BCUT2D eigenvalue weighted by molar-refractivity contribution is 0.0945. The molecule has 3 aromatic rings. The molecular formula is C20H21N7O. The summed E-state index contributed by atoms with van der Waals surface area (Å²) in [5.74, 6) is 0.551. The van der Waals surface area contributed by atoms with E-state index in [-0.39, 0.29) is 5.91 Å². The molecule has 0 aromatic carbocycles. The highest BCUT2D eigenvalue weighted by Gasteiger charge is 2.20. The molecule has 0 unspecified atom stereocenters. The minimum atomic E-state index is -0.205. The first-order valence-electron chi connectivity index (χ1n) is 9.21. The molecule has 0 aliphatic carbocycles. The molecule has 1 N–H and O–H groups in total. The molecule has 1 aliphatic heterocycles. The van der Waals surface area contributed by atoms with Crippen molar-refractivity contribution in [2.45, 2.75) is 6.54 Å². The number of piperazine rings is 1. The van der Waals surface area contributed by atoms with Crippen LogP contribution < -0.4 is 15.1 Å². The van der Waals surface area contributed by atoms with Gasteiger partial charge in [-0.3, -0.25) is 14.8 Å². The van der Waals surface area contributed by atoms with Crippen molar-refractivity contribution < 1.29 is 4.79 Å². The average Bonchev–Trinajstić information content (AvgIpc) is 2.79. The second-order valence-electron chi connectivity index (χ2n) is 6.43. The Kier molecular flexibility index (Phi) is 5.37. The van der Waals surface area contributed by atoms with Gasteiger partial charge >= 0.3 is 0 Å². The van der Waals surface area contributed by atoms with Crippen LogP contribution in [0.15, 0.2) is 61.2 Å². The molecule has 142 valence electrons. The maximum atomic E-state index is 12.4. The fourth-order valence-electron chi connectivity index (χ4n) is 3.12. The van der Waals surface area contributed by atoms with E-state index in [1.165, 1.54) is 0 Å². The Hall–Kier alpha value is -3.55. The molecule has 0 saturated carbocycles. The van der Waals surface area contributed by atoms with Crippen LogP contribution in [0.1, 0.15) is 16.2 Å². The molecule has 0 atom stereocenters. The number of hydrogen-bond donors (Lipinski definition) is 1. The van der Waals surface area contributed by atoms with Gasteiger partial charge < -0.3 is 15.1 Å². The summed E-state index contributed by atoms with van der Waals surface area (Å²) in [6.07, 6.45) is 6.90. The highest BCUT2D eigenvalue weighted by molar-refractivity contribution is 5.93. The van der Waals surface area contributed by atoms with Crippen LogP contribution in [0.25, 0.3) is 0 Å². The summed E-state index contributed by atoms with van der Waals surface area (Å²) in [5.41, 5.74) is 2.21. The summed E-state index contributed by atoms with van der Waals surface area (Å²) in [7, 11) is 0. The molecule has 4 heterocycles. The van der Waals surface area contributed by atoms with Crippen LogP contribution in [0.5, 0.6) is 0 Å². The quantitative estimate of drug-likeness (QED) is 0.723. The van der Waals surface area contributed by atoms with Crippen LogP contribution in [0.4, 0.5) is 11.6 Å². The molecule has 8 heteroatoms. The molecular weight excluding hydrogens is 354 g/mol. The van der Waals surface area contributed by atoms with E-state index in [1.54, 1.807) is 24.8 Å². The third kappa shape index (κ3) is 4.22. The van der Waals surface area contributed by atoms with Crippen molar-refractivity contribution in [3.05, 3.63) is 72.6 Å². The number of aromatic nitrogens is 4. The van der Waals surface area contributed by atoms with Gasteiger partial charge in [0, 0.05) is 56.7 Å². The van der Waals surface area contributed by atoms with E-state index in [1.807, 2.05) is 36.4 Å². The van der Waals surface area contributed by atoms with Gasteiger partial charge in [-0.2, -0.15) is 0 Å². The van der Waals surface area contributed by atoms with E-state index >= 15 is 0 Å². The molecule has 28 heavy (non-hydrogen) atoms. The molecule has 3 aromatic heterocycles. The number of nitrogens with one attached hydrogen (secondary N) is 1. The number of carbonyl (C=O) groups is 1. The molecule has 0 spiro atoms. The van der Waals surface area contributed by atoms with Crippen molar-refractivity contribution in [2.75, 3.05) is 36.0 Å². The largest absolute Gasteiger partial charge is 0.368 e. The molecule has 0 bridgehead atoms. The van der Waals surface area contributed by atoms with Gasteiger partial charge in [-0.05, 0) is 30.3 Å². The number of rotatable bonds is 5. The topological polar surface area (TPSA) is 87.1 Å². The Labute approximate surface area is 163 Å². The van der Waals surface area contributed by atoms with Crippen LogP contribution in [-0.4, -0.2) is 52.0 Å². The predicted octanol–water partition coefficient (Wildman–Crippen LogP) is 1.52. The lowest BCUT2D eigenvalue weighted by Crippen LogP contribution is -2.47. The van der Waals surface area contributed by atoms with E-state index in [4.69, 9.17) is 0 Å². The van der Waals surface area contributed by atoms with Gasteiger partial charge in [-0.15, -0.1) is 0 Å². The van der Waals surface area contributed by atoms with Crippen molar-refractivity contribution in [1.29, 1.82) is 0 Å². The Balaban J connectivity index is 1.37. The van der Waals surface area contributed by atoms with Gasteiger partial charge in [-0.25, -0.2) is 9.97 Å². The van der Waals surface area contributed by atoms with Gasteiger partial charge in [-0.1, -0.05) is 6.07 Å². The monoisotopic (exact) mass is 375 g/mol. The van der Waals surface area contributed by atoms with E-state index in [9.17, 15) is 4.79 Å². The summed E-state index contributed by atoms with van der Waals surface area (Å²) in [6, 6.07) is 11.2. The van der Waals surface area contributed by atoms with Crippen molar-refractivity contribution >= 4 is 17.5 Å². The van der Waals surface area contributed by atoms with Crippen LogP contribution in [0, 0.1) is 0 Å². The average molecular weight is 375 g/mol. The summed E-state index contributed by atoms with van der Waals surface area (Å²) in [5, 5.41) is 2.87. The smallest absolute Gasteiger partial charge is 0.270 e. The number of hydrogen-bond acceptors (Lipinski definition) is 7. The zero-order valence-electron chi connectivity index (χ0n) is 15.4. The second kappa shape index (κ2) is 8.43. The first-order valence-corrected chi connectivity index (χ1v) is 9.21. The number of pyridine rings is 2. The maximum Gasteiger partial charge on any atom is 0.270 e. The number of anilines is 2. The van der Waals surface area contributed by atoms with E-state index < -0.39 is 0 Å². The van der Waals surface area contributed by atoms with Gasteiger partial charge in [0.25, 0.3) is 5.91 Å². The lowest BCUT2D eigenvalue weighted by Gasteiger charge is -2.36. The van der Waals surface area contributed by atoms with E-state index in [2.05, 4.69) is 35.1 Å². The standard InChI is InChI=1S/C20H21N7O/c28-19(25-15-16-4-1-2-6-21-16)18-14-17(5-9-22-18)26-10-12-27(13-11-26)20-23-7-3-8-24-20/h1-9,14H,10-13,15H2,(H,25,28). The highest BCUT2D eigenvalue weighted by atomic mass is 16.1. The van der Waals surface area contributed by atoms with Gasteiger partial charge in [0.1, 0.15) is 5.69 Å². The predicted molar refractivity (Wildman–Crippen MR) is 106 cm³/mol. The first kappa shape index (κ1) is 17.8. The van der Waals surface area contributed by atoms with Crippen LogP contribution in [0.2, 0.25) is 0 Å². The minimum absolute atomic E-state index is 0.205. The van der Waals surface area contributed by atoms with Crippen molar-refractivity contribution in [3.63, 3.8) is 0 Å². The minimum Gasteiger partial charge on any atom is -0.368 e. The Morgan fingerprint density at radius 3 is 2.36 bits per heavy atom. The third-order valence-electron chi connectivity index (χ3n) is 4.61. The summed E-state index contributed by atoms with van der Waals surface area (Å²) in [4.78, 5) is 33.9. The van der Waals surface area contributed by atoms with Crippen LogP contribution in [-0.2, 0) is 6.54 Å². The normalized spacial score (nSPS) is 14.0. The molecule has 1 amide bonds. The Morgan fingerprint density at radius 2 is 1.61 bits per heavy atom. The highest BCUT2D eigenvalue weighted by Crippen LogP contribution is 2.18. The molecule has 1 fully saturated rings. The number of amides is 1. The van der Waals surface area contributed by atoms with E-state index in [0.717, 1.165) is 43.5 Å².